The van der Waals surface area contributed by atoms with Crippen molar-refractivity contribution in [2.45, 2.75) is 77.4 Å². The van der Waals surface area contributed by atoms with Gasteiger partial charge in [-0.25, -0.2) is 0 Å². The summed E-state index contributed by atoms with van der Waals surface area (Å²) in [4.78, 5) is 99.0. The second kappa shape index (κ2) is 19.2. The molecule has 1 aromatic carbocycles. The Morgan fingerprint density at radius 1 is 0.833 bits per heavy atom. The lowest BCUT2D eigenvalue weighted by Gasteiger charge is -2.19. The molecule has 15 nitrogen and oxygen atoms in total. The number of unbranched alkanes of at least 4 members (excludes halogenated alkanes) is 2. The largest absolute Gasteiger partial charge is 0.350 e. The van der Waals surface area contributed by atoms with Crippen molar-refractivity contribution in [3.8, 4) is 0 Å². The summed E-state index contributed by atoms with van der Waals surface area (Å²) in [6.45, 7) is 2.14. The number of carbonyl (C=O) groups is 8. The van der Waals surface area contributed by atoms with Crippen LogP contribution in [-0.2, 0) is 49.5 Å². The summed E-state index contributed by atoms with van der Waals surface area (Å²) in [7, 11) is 0. The maximum atomic E-state index is 13.0. The van der Waals surface area contributed by atoms with Crippen LogP contribution in [-0.4, -0.2) is 97.1 Å². The standard InChI is InChI=1S/C33H46N6O9/c1-21-15-30(45)39(33(21)47)14-8-4-7-11-26(41)34-17-27(42)35-19-29(44)38-25(16-23-9-5-3-6-10-23)32(46)36-18-28(43)37-20-48-31(22(2)40)24-12-13-24/h3,5-6,9-10,21,24-25,31H,4,7-8,11-20H2,1-2H3,(H,34,41)(H,35,42)(H,36,46)(H,37,43)(H,38,44)/t21?,25-,31+/m0/s1. The Kier molecular flexibility index (Phi) is 15.1. The van der Waals surface area contributed by atoms with Gasteiger partial charge in [0, 0.05) is 31.7 Å². The highest BCUT2D eigenvalue weighted by Gasteiger charge is 2.35. The number of Topliss-reactive ketones (excluding diaryl/α,β-unsaturated/α-hetero) is 1. The number of ether oxygens (including phenoxy) is 1. The van der Waals surface area contributed by atoms with Gasteiger partial charge in [0.05, 0.1) is 19.6 Å². The van der Waals surface area contributed by atoms with E-state index in [2.05, 4.69) is 26.6 Å². The Bertz CT molecular complexity index is 1330. The molecule has 1 unspecified atom stereocenters. The molecule has 48 heavy (non-hydrogen) atoms. The molecular weight excluding hydrogens is 624 g/mol. The molecule has 2 aliphatic rings. The molecule has 7 amide bonds. The van der Waals surface area contributed by atoms with Gasteiger partial charge in [0.2, 0.25) is 41.4 Å². The molecular formula is C33H46N6O9. The zero-order valence-corrected chi connectivity index (χ0v) is 27.5. The van der Waals surface area contributed by atoms with Gasteiger partial charge in [-0.2, -0.15) is 0 Å². The third-order valence-electron chi connectivity index (χ3n) is 7.99. The Balaban J connectivity index is 1.34. The van der Waals surface area contributed by atoms with E-state index in [4.69, 9.17) is 4.74 Å². The van der Waals surface area contributed by atoms with Gasteiger partial charge in [-0.15, -0.1) is 0 Å². The van der Waals surface area contributed by atoms with Crippen molar-refractivity contribution in [2.75, 3.05) is 32.9 Å². The number of likely N-dealkylation sites (tertiary alicyclic amines) is 1. The number of hydrogen-bond acceptors (Lipinski definition) is 9. The molecule has 0 radical (unpaired) electrons. The maximum Gasteiger partial charge on any atom is 0.243 e. The average Bonchev–Trinajstić information content (AvgIpc) is 3.86. The summed E-state index contributed by atoms with van der Waals surface area (Å²) >= 11 is 0. The summed E-state index contributed by atoms with van der Waals surface area (Å²) < 4.78 is 5.48. The van der Waals surface area contributed by atoms with Gasteiger partial charge in [0.25, 0.3) is 0 Å². The molecule has 3 atom stereocenters. The predicted molar refractivity (Wildman–Crippen MR) is 171 cm³/mol. The van der Waals surface area contributed by atoms with Crippen molar-refractivity contribution in [3.05, 3.63) is 35.9 Å². The number of ketones is 1. The Morgan fingerprint density at radius 3 is 2.12 bits per heavy atom. The van der Waals surface area contributed by atoms with Crippen LogP contribution in [0.1, 0.15) is 64.4 Å². The van der Waals surface area contributed by atoms with Crippen molar-refractivity contribution < 1.29 is 43.1 Å². The lowest BCUT2D eigenvalue weighted by Crippen LogP contribution is -2.52. The smallest absolute Gasteiger partial charge is 0.243 e. The number of nitrogens with one attached hydrogen (secondary N) is 5. The molecule has 15 heteroatoms. The molecule has 0 aromatic heterocycles. The van der Waals surface area contributed by atoms with Crippen molar-refractivity contribution in [1.82, 2.24) is 31.5 Å². The molecule has 1 aliphatic heterocycles. The van der Waals surface area contributed by atoms with Crippen LogP contribution in [0.25, 0.3) is 0 Å². The van der Waals surface area contributed by atoms with Crippen molar-refractivity contribution >= 4 is 47.1 Å². The molecule has 3 rings (SSSR count). The third kappa shape index (κ3) is 13.2. The highest BCUT2D eigenvalue weighted by molar-refractivity contribution is 6.03. The Labute approximate surface area is 279 Å². The van der Waals surface area contributed by atoms with E-state index in [-0.39, 0.29) is 74.4 Å². The van der Waals surface area contributed by atoms with Crippen LogP contribution in [0.5, 0.6) is 0 Å². The fourth-order valence-corrected chi connectivity index (χ4v) is 5.18. The summed E-state index contributed by atoms with van der Waals surface area (Å²) in [5.41, 5.74) is 0.755. The number of carbonyl (C=O) groups excluding carboxylic acids is 8. The third-order valence-corrected chi connectivity index (χ3v) is 7.99. The number of imide groups is 1. The van der Waals surface area contributed by atoms with Gasteiger partial charge in [0.1, 0.15) is 18.9 Å². The van der Waals surface area contributed by atoms with Gasteiger partial charge >= 0.3 is 0 Å². The highest BCUT2D eigenvalue weighted by atomic mass is 16.5. The topological polar surface area (TPSA) is 209 Å². The summed E-state index contributed by atoms with van der Waals surface area (Å²) in [6, 6.07) is 7.87. The normalized spacial score (nSPS) is 16.9. The van der Waals surface area contributed by atoms with Crippen LogP contribution in [0.2, 0.25) is 0 Å². The molecule has 5 N–H and O–H groups in total. The minimum Gasteiger partial charge on any atom is -0.350 e. The van der Waals surface area contributed by atoms with E-state index < -0.39 is 42.3 Å². The van der Waals surface area contributed by atoms with Gasteiger partial charge < -0.3 is 31.3 Å². The minimum atomic E-state index is -1.05. The molecule has 1 aromatic rings. The van der Waals surface area contributed by atoms with E-state index >= 15 is 0 Å². The first kappa shape index (κ1) is 37.8. The zero-order chi connectivity index (χ0) is 35.1. The van der Waals surface area contributed by atoms with Crippen LogP contribution in [0.15, 0.2) is 30.3 Å². The maximum absolute atomic E-state index is 13.0. The Morgan fingerprint density at radius 2 is 1.48 bits per heavy atom. The average molecular weight is 671 g/mol. The fraction of sp³-hybridized carbons (Fsp3) is 0.576. The molecule has 0 spiro atoms. The molecule has 1 heterocycles. The van der Waals surface area contributed by atoms with Crippen LogP contribution in [0.4, 0.5) is 0 Å². The quantitative estimate of drug-likeness (QED) is 0.0646. The molecule has 2 fully saturated rings. The van der Waals surface area contributed by atoms with Crippen LogP contribution in [0.3, 0.4) is 0 Å². The van der Waals surface area contributed by atoms with Crippen molar-refractivity contribution in [3.63, 3.8) is 0 Å². The number of amides is 7. The lowest BCUT2D eigenvalue weighted by atomic mass is 10.1. The van der Waals surface area contributed by atoms with Gasteiger partial charge in [0.15, 0.2) is 5.78 Å². The predicted octanol–water partition coefficient (Wildman–Crippen LogP) is -0.524. The highest BCUT2D eigenvalue weighted by Crippen LogP contribution is 2.34. The van der Waals surface area contributed by atoms with E-state index in [9.17, 15) is 38.4 Å². The minimum absolute atomic E-state index is 0.105. The lowest BCUT2D eigenvalue weighted by molar-refractivity contribution is -0.139. The van der Waals surface area contributed by atoms with Gasteiger partial charge in [-0.05, 0) is 44.1 Å². The second-order valence-corrected chi connectivity index (χ2v) is 12.2. The summed E-state index contributed by atoms with van der Waals surface area (Å²) in [6.07, 6.45) is 3.49. The number of hydrogen-bond donors (Lipinski definition) is 5. The van der Waals surface area contributed by atoms with E-state index in [1.165, 1.54) is 11.8 Å². The fourth-order valence-electron chi connectivity index (χ4n) is 5.18. The molecule has 1 saturated carbocycles. The van der Waals surface area contributed by atoms with Crippen molar-refractivity contribution in [1.29, 1.82) is 0 Å². The Hall–Kier alpha value is -4.66. The van der Waals surface area contributed by atoms with Gasteiger partial charge in [-0.3, -0.25) is 43.3 Å². The first-order valence-corrected chi connectivity index (χ1v) is 16.3. The first-order chi connectivity index (χ1) is 22.9. The molecule has 0 bridgehead atoms. The van der Waals surface area contributed by atoms with Crippen molar-refractivity contribution in [2.24, 2.45) is 11.8 Å². The monoisotopic (exact) mass is 670 g/mol. The number of benzene rings is 1. The van der Waals surface area contributed by atoms with Crippen LogP contribution >= 0.6 is 0 Å². The SMILES string of the molecule is CC(=O)[C@@H](OCNC(=O)CNC(=O)[C@H](Cc1ccccc1)NC(=O)CNC(=O)CNC(=O)CCCCCN1C(=O)CC(C)C1=O)C1CC1. The molecule has 1 saturated heterocycles. The number of rotatable bonds is 21. The van der Waals surface area contributed by atoms with E-state index in [1.54, 1.807) is 37.3 Å². The van der Waals surface area contributed by atoms with E-state index in [0.29, 0.717) is 25.8 Å². The molecule has 1 aliphatic carbocycles. The number of nitrogens with zero attached hydrogens (tertiary/aromatic N) is 1. The summed E-state index contributed by atoms with van der Waals surface area (Å²) in [5, 5.41) is 12.4. The van der Waals surface area contributed by atoms with Crippen LogP contribution in [0, 0.1) is 11.8 Å². The van der Waals surface area contributed by atoms with E-state index in [0.717, 1.165) is 18.4 Å². The van der Waals surface area contributed by atoms with Gasteiger partial charge in [-0.1, -0.05) is 43.7 Å². The van der Waals surface area contributed by atoms with E-state index in [1.807, 2.05) is 0 Å². The second-order valence-electron chi connectivity index (χ2n) is 12.2. The summed E-state index contributed by atoms with van der Waals surface area (Å²) in [5.74, 6) is -3.31. The van der Waals surface area contributed by atoms with Crippen LogP contribution < -0.4 is 26.6 Å². The first-order valence-electron chi connectivity index (χ1n) is 16.3. The zero-order valence-electron chi connectivity index (χ0n) is 27.5. The molecule has 262 valence electrons.